The average molecular weight is 541 g/mol. The van der Waals surface area contributed by atoms with E-state index in [9.17, 15) is 14.4 Å². The molecule has 4 rings (SSSR count). The number of anilines is 2. The number of carbonyl (C=O) groups is 3. The fourth-order valence-electron chi connectivity index (χ4n) is 4.19. The van der Waals surface area contributed by atoms with Gasteiger partial charge in [0.05, 0.1) is 12.7 Å². The maximum atomic E-state index is 12.6. The van der Waals surface area contributed by atoms with Crippen LogP contribution in [0.15, 0.2) is 48.7 Å². The molecule has 3 amide bonds. The smallest absolute Gasteiger partial charge is 0.407 e. The highest BCUT2D eigenvalue weighted by Crippen LogP contribution is 2.31. The van der Waals surface area contributed by atoms with Crippen LogP contribution >= 0.6 is 0 Å². The molecular formula is C28H36N4O7. The second kappa shape index (κ2) is 14.5. The fourth-order valence-corrected chi connectivity index (χ4v) is 4.19. The van der Waals surface area contributed by atoms with Crippen molar-refractivity contribution in [3.05, 3.63) is 59.8 Å². The molecule has 0 spiro atoms. The van der Waals surface area contributed by atoms with Gasteiger partial charge in [-0.05, 0) is 42.7 Å². The Morgan fingerprint density at radius 3 is 2.38 bits per heavy atom. The zero-order valence-electron chi connectivity index (χ0n) is 22.7. The summed E-state index contributed by atoms with van der Waals surface area (Å²) in [4.78, 5) is 35.8. The van der Waals surface area contributed by atoms with Gasteiger partial charge >= 0.3 is 18.1 Å². The minimum absolute atomic E-state index is 0.209. The van der Waals surface area contributed by atoms with Gasteiger partial charge in [0.2, 0.25) is 0 Å². The van der Waals surface area contributed by atoms with Gasteiger partial charge in [-0.1, -0.05) is 26.0 Å². The normalized spacial score (nSPS) is 17.3. The van der Waals surface area contributed by atoms with Gasteiger partial charge in [-0.25, -0.2) is 9.59 Å². The van der Waals surface area contributed by atoms with E-state index in [0.29, 0.717) is 48.9 Å². The van der Waals surface area contributed by atoms with Crippen molar-refractivity contribution in [3.8, 4) is 5.75 Å². The van der Waals surface area contributed by atoms with E-state index >= 15 is 0 Å². The van der Waals surface area contributed by atoms with Crippen LogP contribution < -0.4 is 26.0 Å². The molecule has 2 aromatic rings. The van der Waals surface area contributed by atoms with Crippen molar-refractivity contribution in [2.24, 2.45) is 0 Å². The van der Waals surface area contributed by atoms with E-state index in [2.05, 4.69) is 21.3 Å². The molecule has 1 saturated carbocycles. The SMILES string of the molecule is CC.COc1cc(NC(=O)Nc2cccc(CNC(=O)O[C@@H]3CC[C@H](OC(C)=O)C3)c2)ccc1C1=CNCO1. The highest BCUT2D eigenvalue weighted by molar-refractivity contribution is 6.00. The lowest BCUT2D eigenvalue weighted by Gasteiger charge is -2.14. The number of ether oxygens (including phenoxy) is 4. The lowest BCUT2D eigenvalue weighted by Crippen LogP contribution is -2.28. The number of rotatable bonds is 8. The summed E-state index contributed by atoms with van der Waals surface area (Å²) in [5, 5.41) is 11.3. The van der Waals surface area contributed by atoms with E-state index in [0.717, 1.165) is 11.1 Å². The van der Waals surface area contributed by atoms with Crippen LogP contribution in [-0.4, -0.2) is 44.1 Å². The van der Waals surface area contributed by atoms with Crippen LogP contribution in [0.2, 0.25) is 0 Å². The molecule has 1 fully saturated rings. The van der Waals surface area contributed by atoms with E-state index in [1.807, 2.05) is 19.9 Å². The van der Waals surface area contributed by atoms with Gasteiger partial charge in [0.25, 0.3) is 0 Å². The molecule has 11 nitrogen and oxygen atoms in total. The van der Waals surface area contributed by atoms with Crippen LogP contribution in [0.3, 0.4) is 0 Å². The van der Waals surface area contributed by atoms with Gasteiger partial charge in [0, 0.05) is 43.5 Å². The van der Waals surface area contributed by atoms with Crippen LogP contribution in [0.1, 0.15) is 51.2 Å². The second-order valence-electron chi connectivity index (χ2n) is 8.62. The molecule has 2 aromatic carbocycles. The fraction of sp³-hybridized carbons (Fsp3) is 0.393. The quantitative estimate of drug-likeness (QED) is 0.345. The Morgan fingerprint density at radius 1 is 1.00 bits per heavy atom. The van der Waals surface area contributed by atoms with Crippen LogP contribution in [0, 0.1) is 0 Å². The minimum Gasteiger partial charge on any atom is -0.496 e. The lowest BCUT2D eigenvalue weighted by atomic mass is 10.1. The first-order valence-electron chi connectivity index (χ1n) is 12.9. The van der Waals surface area contributed by atoms with E-state index in [1.165, 1.54) is 6.92 Å². The van der Waals surface area contributed by atoms with Crippen molar-refractivity contribution in [2.45, 2.75) is 58.8 Å². The van der Waals surface area contributed by atoms with Crippen LogP contribution in [0.25, 0.3) is 5.76 Å². The van der Waals surface area contributed by atoms with Crippen molar-refractivity contribution >= 4 is 35.2 Å². The molecule has 0 bridgehead atoms. The molecule has 0 radical (unpaired) electrons. The number of nitrogens with one attached hydrogen (secondary N) is 4. The Balaban J connectivity index is 0.00000205. The van der Waals surface area contributed by atoms with Crippen molar-refractivity contribution < 1.29 is 33.3 Å². The third-order valence-electron chi connectivity index (χ3n) is 5.83. The maximum absolute atomic E-state index is 12.6. The minimum atomic E-state index is -0.545. The van der Waals surface area contributed by atoms with Crippen molar-refractivity contribution in [3.63, 3.8) is 0 Å². The Bertz CT molecular complexity index is 1180. The van der Waals surface area contributed by atoms with E-state index < -0.39 is 12.1 Å². The van der Waals surface area contributed by atoms with Crippen molar-refractivity contribution in [2.75, 3.05) is 24.5 Å². The van der Waals surface area contributed by atoms with Gasteiger partial charge in [-0.15, -0.1) is 0 Å². The molecule has 39 heavy (non-hydrogen) atoms. The highest BCUT2D eigenvalue weighted by Gasteiger charge is 2.29. The van der Waals surface area contributed by atoms with Crippen LogP contribution in [0.5, 0.6) is 5.75 Å². The largest absolute Gasteiger partial charge is 0.496 e. The van der Waals surface area contributed by atoms with Gasteiger partial charge in [-0.3, -0.25) is 4.79 Å². The molecule has 0 aromatic heterocycles. The zero-order valence-corrected chi connectivity index (χ0v) is 22.7. The molecule has 1 aliphatic carbocycles. The molecule has 11 heteroatoms. The topological polar surface area (TPSA) is 136 Å². The second-order valence-corrected chi connectivity index (χ2v) is 8.62. The predicted molar refractivity (Wildman–Crippen MR) is 147 cm³/mol. The first kappa shape index (κ1) is 29.2. The number of esters is 1. The Morgan fingerprint density at radius 2 is 1.72 bits per heavy atom. The number of hydrogen-bond acceptors (Lipinski definition) is 8. The maximum Gasteiger partial charge on any atom is 0.407 e. The summed E-state index contributed by atoms with van der Waals surface area (Å²) in [5.41, 5.74) is 2.66. The monoisotopic (exact) mass is 540 g/mol. The number of hydrogen-bond donors (Lipinski definition) is 4. The molecule has 210 valence electrons. The summed E-state index contributed by atoms with van der Waals surface area (Å²) in [7, 11) is 1.55. The molecule has 1 heterocycles. The number of alkyl carbamates (subject to hydrolysis) is 1. The molecule has 0 unspecified atom stereocenters. The van der Waals surface area contributed by atoms with Gasteiger partial charge < -0.3 is 40.2 Å². The molecule has 1 aliphatic heterocycles. The third kappa shape index (κ3) is 8.84. The average Bonchev–Trinajstić information content (AvgIpc) is 3.61. The lowest BCUT2D eigenvalue weighted by molar-refractivity contribution is -0.146. The number of benzene rings is 2. The van der Waals surface area contributed by atoms with Gasteiger partial charge in [0.15, 0.2) is 6.73 Å². The first-order valence-corrected chi connectivity index (χ1v) is 12.9. The summed E-state index contributed by atoms with van der Waals surface area (Å²) < 4.78 is 21.5. The van der Waals surface area contributed by atoms with Crippen LogP contribution in [0.4, 0.5) is 21.0 Å². The highest BCUT2D eigenvalue weighted by atomic mass is 16.6. The number of amides is 3. The number of carbonyl (C=O) groups excluding carboxylic acids is 3. The Labute approximate surface area is 228 Å². The predicted octanol–water partition coefficient (Wildman–Crippen LogP) is 4.95. The first-order chi connectivity index (χ1) is 18.9. The van der Waals surface area contributed by atoms with Crippen molar-refractivity contribution in [1.29, 1.82) is 0 Å². The number of methoxy groups -OCH3 is 1. The molecule has 0 saturated heterocycles. The summed E-state index contributed by atoms with van der Waals surface area (Å²) in [6.45, 7) is 5.99. The van der Waals surface area contributed by atoms with E-state index in [4.69, 9.17) is 18.9 Å². The number of urea groups is 1. The molecular weight excluding hydrogens is 504 g/mol. The Kier molecular flexibility index (Phi) is 10.8. The molecule has 2 aliphatic rings. The summed E-state index contributed by atoms with van der Waals surface area (Å²) in [5.74, 6) is 0.892. The van der Waals surface area contributed by atoms with E-state index in [1.54, 1.807) is 49.7 Å². The summed E-state index contributed by atoms with van der Waals surface area (Å²) in [6.07, 6.45) is 2.54. The Hall–Kier alpha value is -4.41. The molecule has 2 atom stereocenters. The van der Waals surface area contributed by atoms with Gasteiger partial charge in [0.1, 0.15) is 23.7 Å². The van der Waals surface area contributed by atoms with Crippen molar-refractivity contribution in [1.82, 2.24) is 10.6 Å². The van der Waals surface area contributed by atoms with E-state index in [-0.39, 0.29) is 24.7 Å². The van der Waals surface area contributed by atoms with Gasteiger partial charge in [-0.2, -0.15) is 0 Å². The summed E-state index contributed by atoms with van der Waals surface area (Å²) >= 11 is 0. The summed E-state index contributed by atoms with van der Waals surface area (Å²) in [6, 6.07) is 11.9. The molecule has 4 N–H and O–H groups in total. The van der Waals surface area contributed by atoms with Crippen LogP contribution in [-0.2, 0) is 25.5 Å². The zero-order chi connectivity index (χ0) is 28.2. The third-order valence-corrected chi connectivity index (χ3v) is 5.83. The standard InChI is InChI=1S/C26H30N4O7.C2H6/c1-16(31)36-20-7-8-21(12-20)37-26(33)28-13-17-4-3-5-18(10-17)29-25(32)30-19-6-9-22(23(11-19)34-2)24-14-27-15-35-24;1-2/h3-6,9-11,14,20-21,27H,7-8,12-13,15H2,1-2H3,(H,28,33)(H2,29,30,32);1-2H3/t20-,21+;/m0./s1.